The van der Waals surface area contributed by atoms with Gasteiger partial charge in [-0.15, -0.1) is 6.10 Å². The number of benzene rings is 2. The molecule has 0 bridgehead atoms. The van der Waals surface area contributed by atoms with E-state index in [0.29, 0.717) is 22.5 Å². The number of aromatic nitrogens is 1. The molecule has 42 heavy (non-hydrogen) atoms. The van der Waals surface area contributed by atoms with Crippen molar-refractivity contribution in [3.8, 4) is 34.0 Å². The molecular weight excluding hydrogens is 561 g/mol. The van der Waals surface area contributed by atoms with Crippen LogP contribution in [0.1, 0.15) is 119 Å². The van der Waals surface area contributed by atoms with E-state index in [0.717, 1.165) is 22.3 Å². The van der Waals surface area contributed by atoms with E-state index in [2.05, 4.69) is 83.1 Å². The van der Waals surface area contributed by atoms with Gasteiger partial charge in [-0.05, 0) is 79.3 Å². The van der Waals surface area contributed by atoms with Crippen molar-refractivity contribution < 1.29 is 39.4 Å². The van der Waals surface area contributed by atoms with Crippen LogP contribution in [-0.2, 0) is 45.7 Å². The molecule has 0 aliphatic heterocycles. The first kappa shape index (κ1) is 39.7. The SMILES string of the molecule is CC(C)(C)c1cc(-c2cccc(-c3cc(C(C)(C)C)cc(C(C)(C)C)c3[O-])n2)c([O-])c(C(C)(C)C)c1.CC(C)[O-].[O-2].[V]. The first-order valence-corrected chi connectivity index (χ1v) is 14.3. The maximum Gasteiger partial charge on any atom is 0.0703 e. The van der Waals surface area contributed by atoms with Crippen LogP contribution in [-0.4, -0.2) is 11.1 Å². The Morgan fingerprint density at radius 2 is 0.857 bits per heavy atom. The van der Waals surface area contributed by atoms with E-state index < -0.39 is 6.10 Å². The molecule has 2 aromatic carbocycles. The van der Waals surface area contributed by atoms with Gasteiger partial charge < -0.3 is 20.8 Å². The Kier molecular flexibility index (Phi) is 13.2. The van der Waals surface area contributed by atoms with Crippen molar-refractivity contribution in [1.29, 1.82) is 0 Å². The quantitative estimate of drug-likeness (QED) is 0.301. The van der Waals surface area contributed by atoms with E-state index in [9.17, 15) is 15.3 Å². The molecule has 0 aliphatic carbocycles. The molecule has 0 aliphatic rings. The number of hydrogen-bond donors (Lipinski definition) is 0. The Morgan fingerprint density at radius 3 is 1.10 bits per heavy atom. The largest absolute Gasteiger partial charge is 2.00 e. The average Bonchev–Trinajstić information content (AvgIpc) is 2.76. The van der Waals surface area contributed by atoms with Crippen LogP contribution in [0.15, 0.2) is 42.5 Å². The molecule has 0 spiro atoms. The summed E-state index contributed by atoms with van der Waals surface area (Å²) in [6.45, 7) is 28.6. The summed E-state index contributed by atoms with van der Waals surface area (Å²) in [5.74, 6) is 0.00244. The van der Waals surface area contributed by atoms with Gasteiger partial charge in [0, 0.05) is 18.6 Å². The third kappa shape index (κ3) is 9.87. The minimum atomic E-state index is -0.417. The Balaban J connectivity index is 0.00000263. The fourth-order valence-electron chi connectivity index (χ4n) is 4.35. The summed E-state index contributed by atoms with van der Waals surface area (Å²) in [4.78, 5) is 4.93. The second-order valence-electron chi connectivity index (χ2n) is 15.3. The number of pyridine rings is 1. The van der Waals surface area contributed by atoms with Crippen molar-refractivity contribution in [1.82, 2.24) is 4.98 Å². The molecule has 0 saturated carbocycles. The second kappa shape index (κ2) is 14.0. The molecule has 0 amide bonds. The Bertz CT molecular complexity index is 1240. The van der Waals surface area contributed by atoms with Crippen LogP contribution >= 0.6 is 0 Å². The summed E-state index contributed by atoms with van der Waals surface area (Å²) in [5.41, 5.74) is 5.32. The van der Waals surface area contributed by atoms with Crippen molar-refractivity contribution in [3.63, 3.8) is 0 Å². The van der Waals surface area contributed by atoms with E-state index in [1.165, 1.54) is 0 Å². The zero-order valence-electron chi connectivity index (χ0n) is 28.1. The standard InChI is InChI=1S/C33H45NO2.C3H7O.O.V/c1-30(2,3)20-16-22(28(35)24(18-20)32(7,8)9)26-14-13-15-27(34-26)23-17-21(31(4,5)6)19-25(29(23)36)33(10,11)12;1-3(2)4;;/h13-19,35-36H,1-12H3;3H,1-2H3;;/q;-1;-2;/p-2. The van der Waals surface area contributed by atoms with E-state index >= 15 is 0 Å². The molecule has 0 atom stereocenters. The molecule has 5 nitrogen and oxygen atoms in total. The van der Waals surface area contributed by atoms with Crippen molar-refractivity contribution in [2.45, 2.75) is 125 Å². The molecule has 233 valence electrons. The summed E-state index contributed by atoms with van der Waals surface area (Å²) in [5, 5.41) is 36.9. The maximum atomic E-state index is 13.7. The minimum Gasteiger partial charge on any atom is -2.00 e. The predicted octanol–water partition coefficient (Wildman–Crippen LogP) is 7.39. The topological polar surface area (TPSA) is 111 Å². The predicted molar refractivity (Wildman–Crippen MR) is 165 cm³/mol. The van der Waals surface area contributed by atoms with Gasteiger partial charge in [-0.2, -0.15) is 0 Å². The van der Waals surface area contributed by atoms with Gasteiger partial charge in [-0.1, -0.05) is 127 Å². The number of hydrogen-bond acceptors (Lipinski definition) is 4. The van der Waals surface area contributed by atoms with Crippen molar-refractivity contribution in [3.05, 3.63) is 64.7 Å². The molecule has 0 fully saturated rings. The Morgan fingerprint density at radius 1 is 0.571 bits per heavy atom. The summed E-state index contributed by atoms with van der Waals surface area (Å²) >= 11 is 0. The fraction of sp³-hybridized carbons (Fsp3) is 0.528. The van der Waals surface area contributed by atoms with Crippen LogP contribution in [0.5, 0.6) is 11.5 Å². The number of rotatable bonds is 2. The van der Waals surface area contributed by atoms with E-state index in [4.69, 9.17) is 4.98 Å². The monoisotopic (exact) mass is 611 g/mol. The third-order valence-electron chi connectivity index (χ3n) is 6.83. The summed E-state index contributed by atoms with van der Waals surface area (Å²) in [6, 6.07) is 13.7. The normalized spacial score (nSPS) is 12.2. The zero-order chi connectivity index (χ0) is 31.0. The van der Waals surface area contributed by atoms with Gasteiger partial charge in [0.25, 0.3) is 0 Å². The molecule has 0 unspecified atom stereocenters. The van der Waals surface area contributed by atoms with Gasteiger partial charge in [-0.3, -0.25) is 0 Å². The van der Waals surface area contributed by atoms with Gasteiger partial charge in [0.1, 0.15) is 0 Å². The van der Waals surface area contributed by atoms with Crippen LogP contribution in [0.2, 0.25) is 0 Å². The van der Waals surface area contributed by atoms with Gasteiger partial charge in [0.2, 0.25) is 0 Å². The molecular formula is C36H50NO4V-5. The van der Waals surface area contributed by atoms with Crippen molar-refractivity contribution in [2.75, 3.05) is 0 Å². The molecule has 3 rings (SSSR count). The first-order chi connectivity index (χ1) is 17.9. The van der Waals surface area contributed by atoms with Crippen molar-refractivity contribution in [2.24, 2.45) is 0 Å². The van der Waals surface area contributed by atoms with Gasteiger partial charge in [-0.25, -0.2) is 4.98 Å². The molecule has 3 aromatic rings. The van der Waals surface area contributed by atoms with Gasteiger partial charge in [0.05, 0.1) is 11.4 Å². The second-order valence-corrected chi connectivity index (χ2v) is 15.3. The molecule has 6 heteroatoms. The minimum absolute atomic E-state index is 0. The maximum absolute atomic E-state index is 13.7. The van der Waals surface area contributed by atoms with Crippen LogP contribution in [0.25, 0.3) is 22.5 Å². The molecule has 1 aromatic heterocycles. The summed E-state index contributed by atoms with van der Waals surface area (Å²) in [7, 11) is 0. The molecule has 1 radical (unpaired) electrons. The number of nitrogens with zero attached hydrogens (tertiary/aromatic N) is 1. The summed E-state index contributed by atoms with van der Waals surface area (Å²) < 4.78 is 0. The Hall–Kier alpha value is -2.31. The molecule has 0 saturated heterocycles. The van der Waals surface area contributed by atoms with Gasteiger partial charge in [0.15, 0.2) is 0 Å². The fourth-order valence-corrected chi connectivity index (χ4v) is 4.35. The molecule has 1 heterocycles. The molecule has 0 N–H and O–H groups in total. The van der Waals surface area contributed by atoms with Crippen LogP contribution in [0, 0.1) is 0 Å². The van der Waals surface area contributed by atoms with E-state index in [1.54, 1.807) is 13.8 Å². The van der Waals surface area contributed by atoms with Crippen molar-refractivity contribution >= 4 is 0 Å². The first-order valence-electron chi connectivity index (χ1n) is 14.3. The van der Waals surface area contributed by atoms with E-state index in [1.807, 2.05) is 42.5 Å². The third-order valence-corrected chi connectivity index (χ3v) is 6.83. The smallest absolute Gasteiger partial charge is 0.0703 e. The van der Waals surface area contributed by atoms with E-state index in [-0.39, 0.29) is 57.2 Å². The van der Waals surface area contributed by atoms with Crippen LogP contribution in [0.3, 0.4) is 0 Å². The Labute approximate surface area is 267 Å². The van der Waals surface area contributed by atoms with Crippen LogP contribution in [0.4, 0.5) is 0 Å². The summed E-state index contributed by atoms with van der Waals surface area (Å²) in [6.07, 6.45) is -0.417. The average molecular weight is 612 g/mol. The van der Waals surface area contributed by atoms with Crippen LogP contribution < -0.4 is 15.3 Å². The van der Waals surface area contributed by atoms with Gasteiger partial charge >= 0.3 is 0 Å². The zero-order valence-corrected chi connectivity index (χ0v) is 29.5.